The summed E-state index contributed by atoms with van der Waals surface area (Å²) < 4.78 is 5.73. The van der Waals surface area contributed by atoms with Crippen LogP contribution in [0.5, 0.6) is 5.75 Å². The number of benzene rings is 4. The molecular weight excluding hydrogens is 458 g/mol. The Balaban J connectivity index is 1.69. The first-order valence-corrected chi connectivity index (χ1v) is 12.6. The molecule has 3 N–H and O–H groups in total. The van der Waals surface area contributed by atoms with Crippen LogP contribution in [0.4, 0.5) is 11.4 Å². The van der Waals surface area contributed by atoms with Gasteiger partial charge in [0.2, 0.25) is 0 Å². The van der Waals surface area contributed by atoms with Gasteiger partial charge in [0.05, 0.1) is 6.61 Å². The van der Waals surface area contributed by atoms with Crippen LogP contribution in [0.15, 0.2) is 97.1 Å². The van der Waals surface area contributed by atoms with E-state index in [1.807, 2.05) is 101 Å². The molecule has 0 atom stereocenters. The van der Waals surface area contributed by atoms with Gasteiger partial charge in [-0.25, -0.2) is 0 Å². The zero-order valence-corrected chi connectivity index (χ0v) is 22.2. The summed E-state index contributed by atoms with van der Waals surface area (Å²) in [5.74, 6) is 0.838. The normalized spacial score (nSPS) is 11.3. The van der Waals surface area contributed by atoms with E-state index < -0.39 is 5.60 Å². The van der Waals surface area contributed by atoms with E-state index in [9.17, 15) is 5.11 Å². The lowest BCUT2D eigenvalue weighted by Crippen LogP contribution is -2.29. The van der Waals surface area contributed by atoms with Crippen molar-refractivity contribution in [1.29, 1.82) is 0 Å². The van der Waals surface area contributed by atoms with Gasteiger partial charge in [-0.05, 0) is 77.2 Å². The highest BCUT2D eigenvalue weighted by atomic mass is 16.5. The number of ether oxygens (including phenoxy) is 1. The van der Waals surface area contributed by atoms with Crippen LogP contribution < -0.4 is 20.3 Å². The Morgan fingerprint density at radius 3 is 1.38 bits per heavy atom. The molecule has 0 radical (unpaired) electrons. The SMILES string of the molecule is CN(C)c1ccc(C(O)(c2ccc(-c3ccc(OCCCN)cc3)cc2)c2ccc(N(C)C)cc2)cc1. The number of nitrogens with two attached hydrogens (primary N) is 1. The topological polar surface area (TPSA) is 62.0 Å². The fourth-order valence-corrected chi connectivity index (χ4v) is 4.42. The number of rotatable bonds is 10. The molecule has 0 amide bonds. The van der Waals surface area contributed by atoms with E-state index in [0.29, 0.717) is 13.2 Å². The van der Waals surface area contributed by atoms with Gasteiger partial charge in [0, 0.05) is 39.6 Å². The fraction of sp³-hybridized carbons (Fsp3) is 0.250. The summed E-state index contributed by atoms with van der Waals surface area (Å²) in [6.07, 6.45) is 0.835. The quantitative estimate of drug-likeness (QED) is 0.225. The van der Waals surface area contributed by atoms with Gasteiger partial charge in [-0.3, -0.25) is 0 Å². The van der Waals surface area contributed by atoms with E-state index in [1.54, 1.807) is 0 Å². The summed E-state index contributed by atoms with van der Waals surface area (Å²) in [5, 5.41) is 12.3. The van der Waals surface area contributed by atoms with Crippen molar-refractivity contribution in [3.63, 3.8) is 0 Å². The van der Waals surface area contributed by atoms with E-state index in [2.05, 4.69) is 34.1 Å². The summed E-state index contributed by atoms with van der Waals surface area (Å²) in [5.41, 5.74) is 11.0. The van der Waals surface area contributed by atoms with E-state index in [-0.39, 0.29) is 0 Å². The number of anilines is 2. The van der Waals surface area contributed by atoms with Crippen molar-refractivity contribution >= 4 is 11.4 Å². The van der Waals surface area contributed by atoms with Crippen molar-refractivity contribution in [2.24, 2.45) is 5.73 Å². The standard InChI is InChI=1S/C32H37N3O2/c1-34(2)29-16-12-27(13-17-29)32(36,28-14-18-30(19-15-28)35(3)4)26-10-6-24(7-11-26)25-8-20-31(21-9-25)37-23-5-22-33/h6-21,36H,5,22-23,33H2,1-4H3. The summed E-state index contributed by atoms with van der Waals surface area (Å²) in [4.78, 5) is 4.11. The average Bonchev–Trinajstić information content (AvgIpc) is 2.93. The first-order valence-electron chi connectivity index (χ1n) is 12.6. The lowest BCUT2D eigenvalue weighted by molar-refractivity contribution is 0.126. The highest BCUT2D eigenvalue weighted by Gasteiger charge is 2.34. The second-order valence-electron chi connectivity index (χ2n) is 9.69. The van der Waals surface area contributed by atoms with Crippen LogP contribution in [0.25, 0.3) is 11.1 Å². The Hall–Kier alpha value is -3.80. The van der Waals surface area contributed by atoms with Crippen molar-refractivity contribution in [2.45, 2.75) is 12.0 Å². The van der Waals surface area contributed by atoms with Crippen LogP contribution in [0.2, 0.25) is 0 Å². The Morgan fingerprint density at radius 2 is 1.00 bits per heavy atom. The predicted octanol–water partition coefficient (Wildman–Crippen LogP) is 5.50. The molecule has 4 aromatic carbocycles. The average molecular weight is 496 g/mol. The molecule has 0 saturated carbocycles. The molecule has 0 spiro atoms. The minimum absolute atomic E-state index is 0.619. The highest BCUT2D eigenvalue weighted by molar-refractivity contribution is 5.65. The van der Waals surface area contributed by atoms with Gasteiger partial charge in [-0.2, -0.15) is 0 Å². The summed E-state index contributed by atoms with van der Waals surface area (Å²) >= 11 is 0. The van der Waals surface area contributed by atoms with Crippen molar-refractivity contribution in [3.8, 4) is 16.9 Å². The zero-order valence-electron chi connectivity index (χ0n) is 22.2. The molecular formula is C32H37N3O2. The molecule has 5 heteroatoms. The first-order chi connectivity index (χ1) is 17.8. The summed E-state index contributed by atoms with van der Waals surface area (Å²) in [7, 11) is 8.05. The third-order valence-corrected chi connectivity index (χ3v) is 6.71. The van der Waals surface area contributed by atoms with Gasteiger partial charge >= 0.3 is 0 Å². The van der Waals surface area contributed by atoms with Gasteiger partial charge in [0.15, 0.2) is 0 Å². The molecule has 0 fully saturated rings. The van der Waals surface area contributed by atoms with E-state index in [0.717, 1.165) is 51.4 Å². The van der Waals surface area contributed by atoms with Gasteiger partial charge < -0.3 is 25.4 Å². The molecule has 0 unspecified atom stereocenters. The molecule has 0 bridgehead atoms. The molecule has 37 heavy (non-hydrogen) atoms. The van der Waals surface area contributed by atoms with Crippen LogP contribution in [0, 0.1) is 0 Å². The Morgan fingerprint density at radius 1 is 0.622 bits per heavy atom. The molecule has 0 heterocycles. The minimum Gasteiger partial charge on any atom is -0.494 e. The maximum absolute atomic E-state index is 12.3. The lowest BCUT2D eigenvalue weighted by atomic mass is 9.80. The first kappa shape index (κ1) is 26.3. The summed E-state index contributed by atoms with van der Waals surface area (Å²) in [6.45, 7) is 1.24. The second-order valence-corrected chi connectivity index (χ2v) is 9.69. The molecule has 0 aliphatic heterocycles. The maximum atomic E-state index is 12.3. The molecule has 0 aromatic heterocycles. The number of hydrogen-bond acceptors (Lipinski definition) is 5. The molecule has 4 rings (SSSR count). The van der Waals surface area contributed by atoms with Gasteiger partial charge in [0.25, 0.3) is 0 Å². The smallest absolute Gasteiger partial charge is 0.140 e. The van der Waals surface area contributed by atoms with Crippen LogP contribution in [-0.2, 0) is 5.60 Å². The molecule has 0 aliphatic rings. The van der Waals surface area contributed by atoms with Crippen LogP contribution in [0.1, 0.15) is 23.1 Å². The van der Waals surface area contributed by atoms with Crippen LogP contribution in [-0.4, -0.2) is 46.4 Å². The second kappa shape index (κ2) is 11.5. The Bertz CT molecular complexity index is 1210. The largest absolute Gasteiger partial charge is 0.494 e. The van der Waals surface area contributed by atoms with Crippen molar-refractivity contribution < 1.29 is 9.84 Å². The van der Waals surface area contributed by atoms with Gasteiger partial charge in [-0.15, -0.1) is 0 Å². The Kier molecular flexibility index (Phi) is 8.17. The van der Waals surface area contributed by atoms with E-state index in [1.165, 1.54) is 0 Å². The number of hydrogen-bond donors (Lipinski definition) is 2. The van der Waals surface area contributed by atoms with E-state index >= 15 is 0 Å². The Labute approximate surface area is 220 Å². The predicted molar refractivity (Wildman–Crippen MR) is 155 cm³/mol. The van der Waals surface area contributed by atoms with Crippen LogP contribution in [0.3, 0.4) is 0 Å². The molecule has 4 aromatic rings. The van der Waals surface area contributed by atoms with Crippen molar-refractivity contribution in [3.05, 3.63) is 114 Å². The molecule has 0 saturated heterocycles. The highest BCUT2D eigenvalue weighted by Crippen LogP contribution is 2.39. The lowest BCUT2D eigenvalue weighted by Gasteiger charge is -2.31. The zero-order chi connectivity index (χ0) is 26.4. The molecule has 5 nitrogen and oxygen atoms in total. The summed E-state index contributed by atoms with van der Waals surface area (Å²) in [6, 6.07) is 32.4. The minimum atomic E-state index is -1.30. The molecule has 0 aliphatic carbocycles. The maximum Gasteiger partial charge on any atom is 0.140 e. The van der Waals surface area contributed by atoms with Crippen molar-refractivity contribution in [2.75, 3.05) is 51.1 Å². The van der Waals surface area contributed by atoms with Gasteiger partial charge in [-0.1, -0.05) is 60.7 Å². The van der Waals surface area contributed by atoms with Crippen molar-refractivity contribution in [1.82, 2.24) is 0 Å². The third-order valence-electron chi connectivity index (χ3n) is 6.71. The molecule has 192 valence electrons. The number of nitrogens with zero attached hydrogens (tertiary/aromatic N) is 2. The monoisotopic (exact) mass is 495 g/mol. The fourth-order valence-electron chi connectivity index (χ4n) is 4.42. The van der Waals surface area contributed by atoms with Gasteiger partial charge in [0.1, 0.15) is 11.4 Å². The number of aliphatic hydroxyl groups is 1. The van der Waals surface area contributed by atoms with Crippen LogP contribution >= 0.6 is 0 Å². The van der Waals surface area contributed by atoms with E-state index in [4.69, 9.17) is 10.5 Å². The third kappa shape index (κ3) is 5.79.